The number of hydrogen-bond acceptors (Lipinski definition) is 3. The molecule has 1 fully saturated rings. The second kappa shape index (κ2) is 6.32. The Bertz CT molecular complexity index is 635. The van der Waals surface area contributed by atoms with Crippen molar-refractivity contribution in [3.8, 4) is 0 Å². The van der Waals surface area contributed by atoms with E-state index >= 15 is 0 Å². The SMILES string of the molecule is CN(C)CCn1cc(NC(=O)C2CC2c2ccccc2)cn1. The topological polar surface area (TPSA) is 50.2 Å². The predicted molar refractivity (Wildman–Crippen MR) is 86.7 cm³/mol. The summed E-state index contributed by atoms with van der Waals surface area (Å²) in [6, 6.07) is 10.2. The number of nitrogens with zero attached hydrogens (tertiary/aromatic N) is 3. The van der Waals surface area contributed by atoms with Crippen molar-refractivity contribution < 1.29 is 4.79 Å². The second-order valence-corrected chi connectivity index (χ2v) is 6.14. The normalized spacial score (nSPS) is 20.1. The van der Waals surface area contributed by atoms with Crippen LogP contribution in [0.4, 0.5) is 5.69 Å². The molecule has 5 heteroatoms. The van der Waals surface area contributed by atoms with E-state index in [2.05, 4.69) is 27.4 Å². The minimum absolute atomic E-state index is 0.0903. The highest BCUT2D eigenvalue weighted by atomic mass is 16.2. The van der Waals surface area contributed by atoms with E-state index in [1.807, 2.05) is 43.2 Å². The highest BCUT2D eigenvalue weighted by molar-refractivity contribution is 5.95. The summed E-state index contributed by atoms with van der Waals surface area (Å²) >= 11 is 0. The van der Waals surface area contributed by atoms with Crippen molar-refractivity contribution in [3.63, 3.8) is 0 Å². The van der Waals surface area contributed by atoms with Crippen LogP contribution in [0.15, 0.2) is 42.7 Å². The van der Waals surface area contributed by atoms with Crippen molar-refractivity contribution in [3.05, 3.63) is 48.3 Å². The third-order valence-corrected chi connectivity index (χ3v) is 4.03. The van der Waals surface area contributed by atoms with Gasteiger partial charge in [-0.15, -0.1) is 0 Å². The van der Waals surface area contributed by atoms with Gasteiger partial charge in [0.2, 0.25) is 5.91 Å². The molecule has 0 aliphatic heterocycles. The largest absolute Gasteiger partial charge is 0.323 e. The fraction of sp³-hybridized carbons (Fsp3) is 0.412. The smallest absolute Gasteiger partial charge is 0.228 e. The van der Waals surface area contributed by atoms with Crippen molar-refractivity contribution in [1.29, 1.82) is 0 Å². The number of carbonyl (C=O) groups excluding carboxylic acids is 1. The number of rotatable bonds is 6. The average Bonchev–Trinajstić information content (AvgIpc) is 3.20. The maximum atomic E-state index is 12.3. The van der Waals surface area contributed by atoms with Gasteiger partial charge in [0.15, 0.2) is 0 Å². The van der Waals surface area contributed by atoms with Crippen LogP contribution in [0.2, 0.25) is 0 Å². The summed E-state index contributed by atoms with van der Waals surface area (Å²) in [6.45, 7) is 1.74. The lowest BCUT2D eigenvalue weighted by molar-refractivity contribution is -0.117. The van der Waals surface area contributed by atoms with E-state index in [4.69, 9.17) is 0 Å². The maximum Gasteiger partial charge on any atom is 0.228 e. The molecule has 1 aromatic carbocycles. The van der Waals surface area contributed by atoms with Gasteiger partial charge >= 0.3 is 0 Å². The molecule has 1 saturated carbocycles. The second-order valence-electron chi connectivity index (χ2n) is 6.14. The standard InChI is InChI=1S/C17H22N4O/c1-20(2)8-9-21-12-14(11-18-21)19-17(22)16-10-15(16)13-6-4-3-5-7-13/h3-7,11-12,15-16H,8-10H2,1-2H3,(H,19,22). The Labute approximate surface area is 130 Å². The zero-order chi connectivity index (χ0) is 15.5. The van der Waals surface area contributed by atoms with E-state index in [1.54, 1.807) is 6.20 Å². The number of aromatic nitrogens is 2. The quantitative estimate of drug-likeness (QED) is 0.889. The fourth-order valence-corrected chi connectivity index (χ4v) is 2.64. The zero-order valence-corrected chi connectivity index (χ0v) is 13.1. The summed E-state index contributed by atoms with van der Waals surface area (Å²) < 4.78 is 1.86. The molecule has 0 radical (unpaired) electrons. The maximum absolute atomic E-state index is 12.3. The molecule has 1 heterocycles. The Hall–Kier alpha value is -2.14. The lowest BCUT2D eigenvalue weighted by Crippen LogP contribution is -2.18. The minimum atomic E-state index is 0.0903. The number of likely N-dealkylation sites (N-methyl/N-ethyl adjacent to an activating group) is 1. The Kier molecular flexibility index (Phi) is 4.24. The first-order valence-electron chi connectivity index (χ1n) is 7.66. The average molecular weight is 298 g/mol. The van der Waals surface area contributed by atoms with Gasteiger partial charge in [0, 0.05) is 18.7 Å². The lowest BCUT2D eigenvalue weighted by atomic mass is 10.1. The molecular formula is C17H22N4O. The van der Waals surface area contributed by atoms with Crippen LogP contribution >= 0.6 is 0 Å². The zero-order valence-electron chi connectivity index (χ0n) is 13.1. The molecule has 1 aliphatic rings. The molecule has 1 amide bonds. The molecule has 0 saturated heterocycles. The van der Waals surface area contributed by atoms with Crippen LogP contribution < -0.4 is 5.32 Å². The van der Waals surface area contributed by atoms with Crippen molar-refractivity contribution >= 4 is 11.6 Å². The highest BCUT2D eigenvalue weighted by Crippen LogP contribution is 2.47. The Balaban J connectivity index is 1.53. The summed E-state index contributed by atoms with van der Waals surface area (Å²) in [4.78, 5) is 14.4. The van der Waals surface area contributed by atoms with Gasteiger partial charge in [0.05, 0.1) is 18.4 Å². The fourth-order valence-electron chi connectivity index (χ4n) is 2.64. The van der Waals surface area contributed by atoms with Gasteiger partial charge in [-0.2, -0.15) is 5.10 Å². The minimum Gasteiger partial charge on any atom is -0.323 e. The third kappa shape index (κ3) is 3.54. The number of carbonyl (C=O) groups is 1. The van der Waals surface area contributed by atoms with Crippen LogP contribution in [0.1, 0.15) is 17.9 Å². The number of hydrogen-bond donors (Lipinski definition) is 1. The van der Waals surface area contributed by atoms with Gasteiger partial charge in [-0.3, -0.25) is 9.48 Å². The molecule has 116 valence electrons. The van der Waals surface area contributed by atoms with Crippen LogP contribution in [0.25, 0.3) is 0 Å². The van der Waals surface area contributed by atoms with Crippen LogP contribution in [-0.4, -0.2) is 41.2 Å². The van der Waals surface area contributed by atoms with E-state index in [0.29, 0.717) is 5.92 Å². The van der Waals surface area contributed by atoms with Gasteiger partial charge in [-0.05, 0) is 32.0 Å². The number of benzene rings is 1. The molecule has 22 heavy (non-hydrogen) atoms. The van der Waals surface area contributed by atoms with Crippen molar-refractivity contribution in [1.82, 2.24) is 14.7 Å². The predicted octanol–water partition coefficient (Wildman–Crippen LogP) is 2.19. The van der Waals surface area contributed by atoms with E-state index in [1.165, 1.54) is 5.56 Å². The monoisotopic (exact) mass is 298 g/mol. The summed E-state index contributed by atoms with van der Waals surface area (Å²) in [6.07, 6.45) is 4.54. The van der Waals surface area contributed by atoms with Gasteiger partial charge < -0.3 is 10.2 Å². The van der Waals surface area contributed by atoms with Crippen LogP contribution in [0.3, 0.4) is 0 Å². The van der Waals surface area contributed by atoms with Crippen molar-refractivity contribution in [2.75, 3.05) is 26.0 Å². The van der Waals surface area contributed by atoms with Gasteiger partial charge in [0.1, 0.15) is 0 Å². The Morgan fingerprint density at radius 2 is 2.14 bits per heavy atom. The molecule has 5 nitrogen and oxygen atoms in total. The van der Waals surface area contributed by atoms with Crippen molar-refractivity contribution in [2.45, 2.75) is 18.9 Å². The first kappa shape index (κ1) is 14.8. The first-order chi connectivity index (χ1) is 10.6. The van der Waals surface area contributed by atoms with E-state index in [9.17, 15) is 4.79 Å². The number of amides is 1. The summed E-state index contributed by atoms with van der Waals surface area (Å²) in [5.41, 5.74) is 2.03. The molecule has 3 rings (SSSR count). The number of nitrogens with one attached hydrogen (secondary N) is 1. The Morgan fingerprint density at radius 1 is 1.36 bits per heavy atom. The Morgan fingerprint density at radius 3 is 2.86 bits per heavy atom. The molecule has 2 atom stereocenters. The van der Waals surface area contributed by atoms with E-state index < -0.39 is 0 Å². The molecule has 1 N–H and O–H groups in total. The molecule has 2 aromatic rings. The highest BCUT2D eigenvalue weighted by Gasteiger charge is 2.43. The lowest BCUT2D eigenvalue weighted by Gasteiger charge is -2.08. The van der Waals surface area contributed by atoms with Crippen LogP contribution in [0, 0.1) is 5.92 Å². The molecule has 1 aromatic heterocycles. The third-order valence-electron chi connectivity index (χ3n) is 4.03. The van der Waals surface area contributed by atoms with Gasteiger partial charge in [-0.1, -0.05) is 30.3 Å². The van der Waals surface area contributed by atoms with E-state index in [-0.39, 0.29) is 11.8 Å². The molecular weight excluding hydrogens is 276 g/mol. The summed E-state index contributed by atoms with van der Waals surface area (Å²) in [5.74, 6) is 0.554. The molecule has 1 aliphatic carbocycles. The summed E-state index contributed by atoms with van der Waals surface area (Å²) in [5, 5.41) is 7.25. The number of anilines is 1. The van der Waals surface area contributed by atoms with Gasteiger partial charge in [0.25, 0.3) is 0 Å². The first-order valence-corrected chi connectivity index (χ1v) is 7.66. The summed E-state index contributed by atoms with van der Waals surface area (Å²) in [7, 11) is 4.06. The van der Waals surface area contributed by atoms with Crippen molar-refractivity contribution in [2.24, 2.45) is 5.92 Å². The van der Waals surface area contributed by atoms with Crippen LogP contribution in [0.5, 0.6) is 0 Å². The molecule has 0 spiro atoms. The van der Waals surface area contributed by atoms with Gasteiger partial charge in [-0.25, -0.2) is 0 Å². The molecule has 2 unspecified atom stereocenters. The molecule has 0 bridgehead atoms. The van der Waals surface area contributed by atoms with E-state index in [0.717, 1.165) is 25.2 Å². The van der Waals surface area contributed by atoms with Crippen LogP contribution in [-0.2, 0) is 11.3 Å².